The van der Waals surface area contributed by atoms with Gasteiger partial charge >= 0.3 is 6.09 Å². The molecule has 0 fully saturated rings. The molecule has 0 N–H and O–H groups in total. The van der Waals surface area contributed by atoms with Crippen molar-refractivity contribution in [2.45, 2.75) is 65.0 Å². The van der Waals surface area contributed by atoms with Crippen molar-refractivity contribution >= 4 is 29.1 Å². The number of anilines is 2. The van der Waals surface area contributed by atoms with Crippen LogP contribution < -0.4 is 9.80 Å². The molecule has 1 amide bonds. The molecule has 162 valence electrons. The molecule has 0 radical (unpaired) electrons. The summed E-state index contributed by atoms with van der Waals surface area (Å²) in [5.41, 5.74) is 3.43. The number of pyridine rings is 2. The van der Waals surface area contributed by atoms with Gasteiger partial charge in [-0.3, -0.25) is 14.9 Å². The van der Waals surface area contributed by atoms with Crippen molar-refractivity contribution in [3.63, 3.8) is 0 Å². The van der Waals surface area contributed by atoms with E-state index < -0.39 is 5.60 Å². The first-order valence-electron chi connectivity index (χ1n) is 10.2. The summed E-state index contributed by atoms with van der Waals surface area (Å²) in [7, 11) is 2.12. The summed E-state index contributed by atoms with van der Waals surface area (Å²) in [5.74, 6) is 0. The molecule has 2 aromatic heterocycles. The van der Waals surface area contributed by atoms with Crippen LogP contribution >= 0.6 is 11.6 Å². The van der Waals surface area contributed by atoms with Crippen LogP contribution in [0, 0.1) is 0 Å². The van der Waals surface area contributed by atoms with Crippen molar-refractivity contribution in [2.24, 2.45) is 0 Å². The van der Waals surface area contributed by atoms with E-state index >= 15 is 0 Å². The normalized spacial score (nSPS) is 19.0. The summed E-state index contributed by atoms with van der Waals surface area (Å²) in [6.07, 6.45) is 4.21. The fourth-order valence-electron chi connectivity index (χ4n) is 3.75. The molecule has 2 aliphatic heterocycles. The maximum atomic E-state index is 12.3. The van der Waals surface area contributed by atoms with Gasteiger partial charge in [0.2, 0.25) is 0 Å². The zero-order chi connectivity index (χ0) is 22.3. The van der Waals surface area contributed by atoms with Crippen molar-refractivity contribution in [2.75, 3.05) is 23.4 Å². The summed E-state index contributed by atoms with van der Waals surface area (Å²) in [5, 5.41) is 0.519. The van der Waals surface area contributed by atoms with Gasteiger partial charge in [0.15, 0.2) is 0 Å². The third kappa shape index (κ3) is 4.69. The summed E-state index contributed by atoms with van der Waals surface area (Å²) < 4.78 is 5.43. The molecular formula is C23H31ClN4O2. The number of hydrogen-bond donors (Lipinski definition) is 0. The quantitative estimate of drug-likeness (QED) is 0.572. The minimum Gasteiger partial charge on any atom is -0.443 e. The highest BCUT2D eigenvalue weighted by molar-refractivity contribution is 6.30. The van der Waals surface area contributed by atoms with E-state index in [0.717, 1.165) is 17.8 Å². The number of carbonyl (C=O) groups is 1. The molecule has 4 heterocycles. The van der Waals surface area contributed by atoms with Gasteiger partial charge in [-0.15, -0.1) is 0 Å². The lowest BCUT2D eigenvalue weighted by molar-refractivity contribution is 0.0579. The third-order valence-electron chi connectivity index (χ3n) is 5.33. The number of likely N-dealkylation sites (N-methyl/N-ethyl adjacent to an activating group) is 1. The second-order valence-electron chi connectivity index (χ2n) is 9.60. The number of fused-ring (bicyclic) bond motifs is 2. The van der Waals surface area contributed by atoms with Gasteiger partial charge in [-0.2, -0.15) is 0 Å². The number of amides is 1. The van der Waals surface area contributed by atoms with Crippen molar-refractivity contribution in [3.8, 4) is 0 Å². The molecular weight excluding hydrogens is 400 g/mol. The lowest BCUT2D eigenvalue weighted by atomic mass is 9.91. The van der Waals surface area contributed by atoms with Crippen molar-refractivity contribution in [1.29, 1.82) is 0 Å². The number of hydrogen-bond acceptors (Lipinski definition) is 5. The van der Waals surface area contributed by atoms with E-state index in [0.29, 0.717) is 17.6 Å². The second-order valence-corrected chi connectivity index (χ2v) is 10.0. The maximum absolute atomic E-state index is 12.3. The average molecular weight is 431 g/mol. The molecule has 0 saturated heterocycles. The summed E-state index contributed by atoms with van der Waals surface area (Å²) in [6, 6.07) is 6.50. The molecule has 7 heteroatoms. The van der Waals surface area contributed by atoms with Crippen LogP contribution in [0.3, 0.4) is 0 Å². The lowest BCUT2D eigenvalue weighted by Gasteiger charge is -2.25. The number of ether oxygens (including phenoxy) is 1. The van der Waals surface area contributed by atoms with Gasteiger partial charge in [-0.25, -0.2) is 4.79 Å². The monoisotopic (exact) mass is 430 g/mol. The van der Waals surface area contributed by atoms with Gasteiger partial charge in [0, 0.05) is 43.9 Å². The van der Waals surface area contributed by atoms with Gasteiger partial charge in [0.25, 0.3) is 0 Å². The van der Waals surface area contributed by atoms with Crippen LogP contribution in [0.2, 0.25) is 5.02 Å². The molecule has 6 nitrogen and oxygen atoms in total. The first-order chi connectivity index (χ1) is 13.9. The standard InChI is InChI=1S/C14H19ClN2O2.C9H12N2/c1-13(2,3)19-12(18)17-8-14(4,5)11-10(17)6-9(15)7-16-11;1-7-6-8-9(11(7)2)4-3-5-10-8/h6-7H,8H2,1-5H3;3-5,7H,6H2,1-2H3. The molecule has 1 unspecified atom stereocenters. The highest BCUT2D eigenvalue weighted by Gasteiger charge is 2.41. The molecule has 0 spiro atoms. The van der Waals surface area contributed by atoms with E-state index in [2.05, 4.69) is 48.8 Å². The predicted octanol–water partition coefficient (Wildman–Crippen LogP) is 5.23. The first kappa shape index (κ1) is 22.3. The molecule has 4 rings (SSSR count). The van der Waals surface area contributed by atoms with Crippen LogP contribution in [0.25, 0.3) is 0 Å². The van der Waals surface area contributed by atoms with E-state index in [1.165, 1.54) is 11.4 Å². The van der Waals surface area contributed by atoms with Crippen LogP contribution in [0.5, 0.6) is 0 Å². The van der Waals surface area contributed by atoms with Gasteiger partial charge < -0.3 is 9.64 Å². The van der Waals surface area contributed by atoms with Gasteiger partial charge in [-0.05, 0) is 45.9 Å². The Morgan fingerprint density at radius 3 is 2.60 bits per heavy atom. The third-order valence-corrected chi connectivity index (χ3v) is 5.54. The Labute approximate surface area is 184 Å². The minimum absolute atomic E-state index is 0.198. The molecule has 30 heavy (non-hydrogen) atoms. The van der Waals surface area contributed by atoms with Gasteiger partial charge in [-0.1, -0.05) is 25.4 Å². The topological polar surface area (TPSA) is 58.6 Å². The van der Waals surface area contributed by atoms with E-state index in [-0.39, 0.29) is 11.5 Å². The summed E-state index contributed by atoms with van der Waals surface area (Å²) in [6.45, 7) is 12.4. The lowest BCUT2D eigenvalue weighted by Crippen LogP contribution is -2.38. The zero-order valence-electron chi connectivity index (χ0n) is 18.9. The Bertz CT molecular complexity index is 939. The minimum atomic E-state index is -0.518. The highest BCUT2D eigenvalue weighted by Crippen LogP contribution is 2.40. The number of nitrogens with zero attached hydrogens (tertiary/aromatic N) is 4. The van der Waals surface area contributed by atoms with Gasteiger partial charge in [0.05, 0.1) is 27.8 Å². The number of aromatic nitrogens is 2. The van der Waals surface area contributed by atoms with E-state index in [1.54, 1.807) is 17.2 Å². The molecule has 0 saturated carbocycles. The van der Waals surface area contributed by atoms with E-state index in [1.807, 2.05) is 33.0 Å². The van der Waals surface area contributed by atoms with E-state index in [4.69, 9.17) is 16.3 Å². The van der Waals surface area contributed by atoms with Crippen molar-refractivity contribution in [3.05, 3.63) is 47.0 Å². The van der Waals surface area contributed by atoms with Crippen LogP contribution in [0.15, 0.2) is 30.6 Å². The van der Waals surface area contributed by atoms with Gasteiger partial charge in [0.1, 0.15) is 5.60 Å². The smallest absolute Gasteiger partial charge is 0.414 e. The molecule has 2 aromatic rings. The zero-order valence-corrected chi connectivity index (χ0v) is 19.6. The number of rotatable bonds is 0. The van der Waals surface area contributed by atoms with Crippen LogP contribution in [0.4, 0.5) is 16.2 Å². The van der Waals surface area contributed by atoms with Crippen molar-refractivity contribution < 1.29 is 9.53 Å². The molecule has 0 aromatic carbocycles. The number of halogens is 1. The predicted molar refractivity (Wildman–Crippen MR) is 122 cm³/mol. The second kappa shape index (κ2) is 8.06. The summed E-state index contributed by atoms with van der Waals surface area (Å²) >= 11 is 5.98. The Morgan fingerprint density at radius 1 is 1.27 bits per heavy atom. The van der Waals surface area contributed by atoms with E-state index in [9.17, 15) is 4.79 Å². The Kier molecular flexibility index (Phi) is 6.01. The van der Waals surface area contributed by atoms with Crippen LogP contribution in [-0.2, 0) is 16.6 Å². The Morgan fingerprint density at radius 2 is 1.97 bits per heavy atom. The molecule has 0 bridgehead atoms. The molecule has 1 atom stereocenters. The van der Waals surface area contributed by atoms with Crippen LogP contribution in [-0.4, -0.2) is 41.3 Å². The SMILES string of the molecule is CC(C)(C)OC(=O)N1CC(C)(C)c2ncc(Cl)cc21.CC1Cc2ncccc2N1C. The fourth-order valence-corrected chi connectivity index (χ4v) is 3.91. The first-order valence-corrected chi connectivity index (χ1v) is 10.6. The number of carbonyl (C=O) groups excluding carboxylic acids is 1. The Hall–Kier alpha value is -2.34. The highest BCUT2D eigenvalue weighted by atomic mass is 35.5. The maximum Gasteiger partial charge on any atom is 0.414 e. The fraction of sp³-hybridized carbons (Fsp3) is 0.522. The average Bonchev–Trinajstić information content (AvgIpc) is 3.07. The largest absolute Gasteiger partial charge is 0.443 e. The molecule has 2 aliphatic rings. The van der Waals surface area contributed by atoms with Crippen molar-refractivity contribution in [1.82, 2.24) is 9.97 Å². The molecule has 0 aliphatic carbocycles. The summed E-state index contributed by atoms with van der Waals surface area (Å²) in [4.78, 5) is 24.8. The Balaban J connectivity index is 0.000000196. The van der Waals surface area contributed by atoms with Crippen LogP contribution in [0.1, 0.15) is 52.9 Å².